The number of carbonyl (C=O) groups excluding carboxylic acids is 1. The summed E-state index contributed by atoms with van der Waals surface area (Å²) >= 11 is 0. The lowest BCUT2D eigenvalue weighted by molar-refractivity contribution is -0.146. The van der Waals surface area contributed by atoms with E-state index in [1.165, 1.54) is 12.1 Å². The van der Waals surface area contributed by atoms with Crippen molar-refractivity contribution in [3.05, 3.63) is 48.3 Å². The highest BCUT2D eigenvalue weighted by molar-refractivity contribution is 7.89. The zero-order chi connectivity index (χ0) is 25.8. The number of carboxylic acid groups (broad SMARTS) is 1. The molecule has 0 radical (unpaired) electrons. The molecule has 0 aliphatic carbocycles. The molecule has 10 nitrogen and oxygen atoms in total. The van der Waals surface area contributed by atoms with Gasteiger partial charge < -0.3 is 20.1 Å². The first-order valence-electron chi connectivity index (χ1n) is 11.5. The van der Waals surface area contributed by atoms with Crippen LogP contribution in [0.4, 0.5) is 11.4 Å². The van der Waals surface area contributed by atoms with Crippen molar-refractivity contribution in [3.8, 4) is 0 Å². The predicted molar refractivity (Wildman–Crippen MR) is 131 cm³/mol. The second-order valence-electron chi connectivity index (χ2n) is 8.82. The van der Waals surface area contributed by atoms with Crippen molar-refractivity contribution in [1.82, 2.24) is 9.29 Å². The maximum atomic E-state index is 13.5. The summed E-state index contributed by atoms with van der Waals surface area (Å²) in [5.74, 6) is -2.22. The fourth-order valence-electron chi connectivity index (χ4n) is 4.07. The van der Waals surface area contributed by atoms with Crippen LogP contribution in [0.3, 0.4) is 0 Å². The van der Waals surface area contributed by atoms with E-state index in [1.807, 2.05) is 13.0 Å². The van der Waals surface area contributed by atoms with E-state index >= 15 is 0 Å². The van der Waals surface area contributed by atoms with Crippen LogP contribution in [0.1, 0.15) is 39.7 Å². The number of nitrogens with one attached hydrogen (secondary N) is 1. The van der Waals surface area contributed by atoms with E-state index in [2.05, 4.69) is 15.2 Å². The third kappa shape index (κ3) is 6.09. The van der Waals surface area contributed by atoms with E-state index in [0.717, 1.165) is 21.2 Å². The number of carboxylic acids is 1. The van der Waals surface area contributed by atoms with E-state index in [9.17, 15) is 23.1 Å². The third-order valence-corrected chi connectivity index (χ3v) is 7.61. The number of pyridine rings is 1. The van der Waals surface area contributed by atoms with Gasteiger partial charge >= 0.3 is 11.9 Å². The molecule has 1 aliphatic heterocycles. The van der Waals surface area contributed by atoms with E-state index in [0.29, 0.717) is 6.54 Å². The minimum Gasteiger partial charge on any atom is -0.480 e. The van der Waals surface area contributed by atoms with Gasteiger partial charge in [-0.3, -0.25) is 14.6 Å². The van der Waals surface area contributed by atoms with Crippen LogP contribution >= 0.6 is 0 Å². The van der Waals surface area contributed by atoms with Crippen LogP contribution in [0.2, 0.25) is 0 Å². The van der Waals surface area contributed by atoms with Crippen LogP contribution in [0.25, 0.3) is 0 Å². The number of carbonyl (C=O) groups is 2. The number of aliphatic carboxylic acids is 1. The summed E-state index contributed by atoms with van der Waals surface area (Å²) in [6.45, 7) is 7.13. The molecule has 0 amide bonds. The first-order chi connectivity index (χ1) is 16.5. The Hall–Kier alpha value is -3.18. The molecule has 11 heteroatoms. The molecule has 190 valence electrons. The van der Waals surface area contributed by atoms with E-state index in [1.54, 1.807) is 45.3 Å². The molecule has 1 aromatic heterocycles. The molecule has 2 heterocycles. The Bertz CT molecular complexity index is 1150. The molecule has 0 bridgehead atoms. The quantitative estimate of drug-likeness (QED) is 0.444. The largest absolute Gasteiger partial charge is 0.480 e. The van der Waals surface area contributed by atoms with Gasteiger partial charge in [-0.15, -0.1) is 0 Å². The second kappa shape index (κ2) is 11.0. The number of esters is 1. The van der Waals surface area contributed by atoms with Gasteiger partial charge in [0.2, 0.25) is 10.0 Å². The summed E-state index contributed by atoms with van der Waals surface area (Å²) in [7, 11) is -4.29. The molecule has 35 heavy (non-hydrogen) atoms. The maximum Gasteiger partial charge on any atom is 0.322 e. The zero-order valence-electron chi connectivity index (χ0n) is 20.3. The summed E-state index contributed by atoms with van der Waals surface area (Å²) in [5.41, 5.74) is 2.80. The number of anilines is 2. The molecule has 1 unspecified atom stereocenters. The van der Waals surface area contributed by atoms with Crippen LogP contribution in [0, 0.1) is 5.92 Å². The zero-order valence-corrected chi connectivity index (χ0v) is 21.2. The topological polar surface area (TPSA) is 129 Å². The summed E-state index contributed by atoms with van der Waals surface area (Å²) in [6, 6.07) is 6.79. The van der Waals surface area contributed by atoms with Crippen molar-refractivity contribution in [3.63, 3.8) is 0 Å². The van der Waals surface area contributed by atoms with Crippen molar-refractivity contribution in [2.75, 3.05) is 23.4 Å². The number of benzene rings is 1. The number of hydrogen-bond donors (Lipinski definition) is 2. The number of sulfonamides is 1. The van der Waals surface area contributed by atoms with Crippen molar-refractivity contribution in [1.29, 1.82) is 0 Å². The maximum absolute atomic E-state index is 13.5. The molecule has 3 rings (SSSR count). The molecule has 0 saturated heterocycles. The summed E-state index contributed by atoms with van der Waals surface area (Å²) in [4.78, 5) is 30.4. The lowest BCUT2D eigenvalue weighted by atomic mass is 10.0. The monoisotopic (exact) mass is 504 g/mol. The SMILES string of the molecule is CCOC(=O)CN([C@@H](CC(C)C)C(=O)O)S(=O)(=O)c1ccc(CN2c3ccncc3NC2C)cc1. The molecule has 2 atom stereocenters. The fourth-order valence-corrected chi connectivity index (χ4v) is 5.60. The van der Waals surface area contributed by atoms with Crippen LogP contribution in [-0.4, -0.2) is 60.1 Å². The lowest BCUT2D eigenvalue weighted by Crippen LogP contribution is -2.48. The van der Waals surface area contributed by atoms with Crippen molar-refractivity contribution in [2.45, 2.75) is 57.8 Å². The van der Waals surface area contributed by atoms with Crippen molar-refractivity contribution >= 4 is 33.3 Å². The van der Waals surface area contributed by atoms with Gasteiger partial charge in [-0.05, 0) is 49.9 Å². The van der Waals surface area contributed by atoms with E-state index in [-0.39, 0.29) is 30.0 Å². The molecular weight excluding hydrogens is 472 g/mol. The Morgan fingerprint density at radius 2 is 1.91 bits per heavy atom. The Labute approximate surface area is 206 Å². The number of nitrogens with zero attached hydrogens (tertiary/aromatic N) is 3. The van der Waals surface area contributed by atoms with Gasteiger partial charge in [-0.25, -0.2) is 8.42 Å². The lowest BCUT2D eigenvalue weighted by Gasteiger charge is -2.28. The Morgan fingerprint density at radius 3 is 2.51 bits per heavy atom. The van der Waals surface area contributed by atoms with Crippen molar-refractivity contribution < 1.29 is 27.9 Å². The van der Waals surface area contributed by atoms with Crippen LogP contribution < -0.4 is 10.2 Å². The normalized spacial score (nSPS) is 16.2. The smallest absolute Gasteiger partial charge is 0.322 e. The molecule has 1 aromatic carbocycles. The number of ether oxygens (including phenoxy) is 1. The van der Waals surface area contributed by atoms with Gasteiger partial charge in [0.15, 0.2) is 0 Å². The Morgan fingerprint density at radius 1 is 1.23 bits per heavy atom. The van der Waals surface area contributed by atoms with Gasteiger partial charge in [-0.1, -0.05) is 26.0 Å². The summed E-state index contributed by atoms with van der Waals surface area (Å²) in [5, 5.41) is 13.1. The van der Waals surface area contributed by atoms with Gasteiger partial charge in [-0.2, -0.15) is 4.31 Å². The molecular formula is C24H32N4O6S. The number of aromatic nitrogens is 1. The Balaban J connectivity index is 1.87. The highest BCUT2D eigenvalue weighted by atomic mass is 32.2. The number of rotatable bonds is 11. The first kappa shape index (κ1) is 26.4. The van der Waals surface area contributed by atoms with Crippen LogP contribution in [-0.2, 0) is 30.9 Å². The van der Waals surface area contributed by atoms with E-state index < -0.39 is 34.5 Å². The average Bonchev–Trinajstić information content (AvgIpc) is 3.11. The summed E-state index contributed by atoms with van der Waals surface area (Å²) in [6.07, 6.45) is 3.57. The molecule has 0 fully saturated rings. The van der Waals surface area contributed by atoms with Gasteiger partial charge in [0.1, 0.15) is 12.6 Å². The fraction of sp³-hybridized carbons (Fsp3) is 0.458. The van der Waals surface area contributed by atoms with Crippen LogP contribution in [0.15, 0.2) is 47.6 Å². The molecule has 0 saturated carbocycles. The van der Waals surface area contributed by atoms with Gasteiger partial charge in [0, 0.05) is 12.7 Å². The summed E-state index contributed by atoms with van der Waals surface area (Å²) < 4.78 is 32.6. The van der Waals surface area contributed by atoms with Gasteiger partial charge in [0.25, 0.3) is 0 Å². The highest BCUT2D eigenvalue weighted by Gasteiger charge is 2.38. The standard InChI is InChI=1S/C24H32N4O6S/c1-5-34-23(29)15-28(22(24(30)31)12-16(2)3)35(32,33)19-8-6-18(7-9-19)14-27-17(4)26-20-13-25-11-10-21(20)27/h6-11,13,16-17,22,26H,5,12,14-15H2,1-4H3,(H,30,31)/t17?,22-/m0/s1. The molecule has 1 aliphatic rings. The first-order valence-corrected chi connectivity index (χ1v) is 12.9. The molecule has 2 N–H and O–H groups in total. The predicted octanol–water partition coefficient (Wildman–Crippen LogP) is 2.91. The average molecular weight is 505 g/mol. The van der Waals surface area contributed by atoms with Crippen molar-refractivity contribution in [2.24, 2.45) is 5.92 Å². The Kier molecular flexibility index (Phi) is 8.34. The number of fused-ring (bicyclic) bond motifs is 1. The third-order valence-electron chi connectivity index (χ3n) is 5.74. The minimum absolute atomic E-state index is 0.0324. The molecule has 0 spiro atoms. The molecule has 2 aromatic rings. The minimum atomic E-state index is -4.29. The van der Waals surface area contributed by atoms with E-state index in [4.69, 9.17) is 4.74 Å². The highest BCUT2D eigenvalue weighted by Crippen LogP contribution is 2.34. The van der Waals surface area contributed by atoms with Crippen LogP contribution in [0.5, 0.6) is 0 Å². The number of hydrogen-bond acceptors (Lipinski definition) is 8. The van der Waals surface area contributed by atoms with Gasteiger partial charge in [0.05, 0.1) is 35.2 Å². The second-order valence-corrected chi connectivity index (χ2v) is 10.7.